The highest BCUT2D eigenvalue weighted by molar-refractivity contribution is 7.22. The predicted octanol–water partition coefficient (Wildman–Crippen LogP) is 2.07. The van der Waals surface area contributed by atoms with E-state index in [0.717, 1.165) is 48.2 Å². The van der Waals surface area contributed by atoms with Crippen LogP contribution in [0.3, 0.4) is 0 Å². The first-order valence-corrected chi connectivity index (χ1v) is 10.1. The molecule has 0 radical (unpaired) electrons. The standard InChI is InChI=1S/C20H23N3O3S/c1-14-5-6-17-18(15(14)2)21-20(27-17)23(19(24)16-4-3-11-26-16)8-7-22-9-12-25-13-10-22/h3-6,11H,7-10,12-13H2,1-2H3/p+1. The van der Waals surface area contributed by atoms with E-state index in [4.69, 9.17) is 14.1 Å². The van der Waals surface area contributed by atoms with Gasteiger partial charge in [0.05, 0.1) is 42.8 Å². The Morgan fingerprint density at radius 2 is 2.07 bits per heavy atom. The van der Waals surface area contributed by atoms with Crippen LogP contribution in [0.2, 0.25) is 0 Å². The van der Waals surface area contributed by atoms with Gasteiger partial charge in [-0.05, 0) is 43.2 Å². The zero-order valence-corrected chi connectivity index (χ0v) is 16.5. The number of anilines is 1. The normalized spacial score (nSPS) is 15.3. The molecule has 1 aliphatic rings. The average Bonchev–Trinajstić information content (AvgIpc) is 3.36. The molecule has 6 nitrogen and oxygen atoms in total. The molecule has 0 aliphatic carbocycles. The minimum absolute atomic E-state index is 0.138. The van der Waals surface area contributed by atoms with Crippen LogP contribution in [-0.4, -0.2) is 50.3 Å². The molecule has 2 aromatic heterocycles. The summed E-state index contributed by atoms with van der Waals surface area (Å²) in [4.78, 5) is 21.1. The van der Waals surface area contributed by atoms with Crippen LogP contribution in [0.25, 0.3) is 10.2 Å². The highest BCUT2D eigenvalue weighted by Gasteiger charge is 2.26. The first-order valence-electron chi connectivity index (χ1n) is 9.27. The molecule has 7 heteroatoms. The molecule has 1 N–H and O–H groups in total. The summed E-state index contributed by atoms with van der Waals surface area (Å²) in [7, 11) is 0. The maximum atomic E-state index is 13.1. The Kier molecular flexibility index (Phi) is 5.24. The predicted molar refractivity (Wildman–Crippen MR) is 106 cm³/mol. The van der Waals surface area contributed by atoms with Crippen LogP contribution in [0, 0.1) is 13.8 Å². The third-order valence-corrected chi connectivity index (χ3v) is 6.21. The third-order valence-electron chi connectivity index (χ3n) is 5.17. The van der Waals surface area contributed by atoms with E-state index in [1.54, 1.807) is 28.4 Å². The number of rotatable bonds is 5. The molecule has 4 rings (SSSR count). The average molecular weight is 386 g/mol. The number of aryl methyl sites for hydroxylation is 2. The van der Waals surface area contributed by atoms with Crippen molar-refractivity contribution in [1.29, 1.82) is 0 Å². The second kappa shape index (κ2) is 7.80. The number of hydrogen-bond donors (Lipinski definition) is 1. The number of fused-ring (bicyclic) bond motifs is 1. The van der Waals surface area contributed by atoms with Gasteiger partial charge in [-0.3, -0.25) is 9.69 Å². The minimum Gasteiger partial charge on any atom is -0.459 e. The Bertz CT molecular complexity index is 930. The lowest BCUT2D eigenvalue weighted by molar-refractivity contribution is -0.906. The largest absolute Gasteiger partial charge is 0.459 e. The lowest BCUT2D eigenvalue weighted by Gasteiger charge is -2.26. The summed E-state index contributed by atoms with van der Waals surface area (Å²) in [5.41, 5.74) is 3.35. The molecular formula is C20H24N3O3S+. The van der Waals surface area contributed by atoms with Gasteiger partial charge in [0.1, 0.15) is 13.1 Å². The number of quaternary nitrogens is 1. The first-order chi connectivity index (χ1) is 13.1. The van der Waals surface area contributed by atoms with Crippen molar-refractivity contribution >= 4 is 32.6 Å². The monoisotopic (exact) mass is 386 g/mol. The van der Waals surface area contributed by atoms with Crippen LogP contribution in [-0.2, 0) is 4.74 Å². The van der Waals surface area contributed by atoms with E-state index in [9.17, 15) is 4.79 Å². The molecule has 0 unspecified atom stereocenters. The number of nitrogens with zero attached hydrogens (tertiary/aromatic N) is 2. The number of benzene rings is 1. The van der Waals surface area contributed by atoms with Gasteiger partial charge >= 0.3 is 0 Å². The molecular weight excluding hydrogens is 362 g/mol. The molecule has 0 atom stereocenters. The van der Waals surface area contributed by atoms with E-state index in [0.29, 0.717) is 12.3 Å². The molecule has 1 amide bonds. The molecule has 0 spiro atoms. The van der Waals surface area contributed by atoms with E-state index >= 15 is 0 Å². The van der Waals surface area contributed by atoms with E-state index in [2.05, 4.69) is 26.0 Å². The zero-order chi connectivity index (χ0) is 18.8. The number of carbonyl (C=O) groups is 1. The van der Waals surface area contributed by atoms with Gasteiger partial charge in [0.2, 0.25) is 0 Å². The van der Waals surface area contributed by atoms with Crippen molar-refractivity contribution < 1.29 is 18.8 Å². The van der Waals surface area contributed by atoms with Crippen LogP contribution in [0.5, 0.6) is 0 Å². The Hall–Kier alpha value is -2.22. The highest BCUT2D eigenvalue weighted by Crippen LogP contribution is 2.32. The number of morpholine rings is 1. The van der Waals surface area contributed by atoms with Crippen molar-refractivity contribution in [1.82, 2.24) is 4.98 Å². The topological polar surface area (TPSA) is 60.0 Å². The van der Waals surface area contributed by atoms with Crippen molar-refractivity contribution in [2.75, 3.05) is 44.3 Å². The van der Waals surface area contributed by atoms with Crippen LogP contribution in [0.15, 0.2) is 34.9 Å². The van der Waals surface area contributed by atoms with Gasteiger partial charge in [0.25, 0.3) is 5.91 Å². The fraction of sp³-hybridized carbons (Fsp3) is 0.400. The Balaban J connectivity index is 1.64. The minimum atomic E-state index is -0.138. The number of furan rings is 1. The van der Waals surface area contributed by atoms with E-state index in [1.807, 2.05) is 0 Å². The fourth-order valence-corrected chi connectivity index (χ4v) is 4.38. The van der Waals surface area contributed by atoms with Gasteiger partial charge in [-0.25, -0.2) is 4.98 Å². The van der Waals surface area contributed by atoms with Gasteiger partial charge in [-0.15, -0.1) is 0 Å². The second-order valence-corrected chi connectivity index (χ2v) is 7.91. The van der Waals surface area contributed by atoms with Gasteiger partial charge in [0.15, 0.2) is 10.9 Å². The van der Waals surface area contributed by atoms with Crippen molar-refractivity contribution in [2.45, 2.75) is 13.8 Å². The number of aromatic nitrogens is 1. The van der Waals surface area contributed by atoms with Crippen molar-refractivity contribution in [3.8, 4) is 0 Å². The molecule has 1 aromatic carbocycles. The molecule has 0 bridgehead atoms. The number of ether oxygens (including phenoxy) is 1. The number of hydrogen-bond acceptors (Lipinski definition) is 5. The van der Waals surface area contributed by atoms with Gasteiger partial charge in [0, 0.05) is 0 Å². The summed E-state index contributed by atoms with van der Waals surface area (Å²) in [6, 6.07) is 7.64. The number of amides is 1. The van der Waals surface area contributed by atoms with Crippen LogP contribution in [0.4, 0.5) is 5.13 Å². The Morgan fingerprint density at radius 1 is 1.26 bits per heavy atom. The summed E-state index contributed by atoms with van der Waals surface area (Å²) in [5.74, 6) is 0.209. The third kappa shape index (κ3) is 3.76. The quantitative estimate of drug-likeness (QED) is 0.729. The van der Waals surface area contributed by atoms with Crippen molar-refractivity contribution in [3.05, 3.63) is 47.4 Å². The van der Waals surface area contributed by atoms with Crippen molar-refractivity contribution in [2.24, 2.45) is 0 Å². The smallest absolute Gasteiger partial charge is 0.295 e. The highest BCUT2D eigenvalue weighted by atomic mass is 32.1. The summed E-state index contributed by atoms with van der Waals surface area (Å²) in [6.07, 6.45) is 1.53. The van der Waals surface area contributed by atoms with E-state index in [-0.39, 0.29) is 5.91 Å². The first kappa shape index (κ1) is 18.2. The Labute approximate surface area is 162 Å². The summed E-state index contributed by atoms with van der Waals surface area (Å²) >= 11 is 1.56. The molecule has 27 heavy (non-hydrogen) atoms. The zero-order valence-electron chi connectivity index (χ0n) is 15.7. The van der Waals surface area contributed by atoms with E-state index in [1.165, 1.54) is 22.3 Å². The van der Waals surface area contributed by atoms with Crippen LogP contribution < -0.4 is 9.80 Å². The van der Waals surface area contributed by atoms with Crippen LogP contribution in [0.1, 0.15) is 21.7 Å². The van der Waals surface area contributed by atoms with E-state index < -0.39 is 0 Å². The molecule has 1 aliphatic heterocycles. The Morgan fingerprint density at radius 3 is 2.81 bits per heavy atom. The lowest BCUT2D eigenvalue weighted by atomic mass is 10.1. The van der Waals surface area contributed by atoms with Gasteiger partial charge < -0.3 is 14.1 Å². The maximum Gasteiger partial charge on any atom is 0.295 e. The second-order valence-electron chi connectivity index (χ2n) is 6.90. The number of thiazole rings is 1. The molecule has 3 heterocycles. The lowest BCUT2D eigenvalue weighted by Crippen LogP contribution is -3.14. The van der Waals surface area contributed by atoms with Gasteiger partial charge in [-0.1, -0.05) is 17.4 Å². The van der Waals surface area contributed by atoms with Gasteiger partial charge in [-0.2, -0.15) is 0 Å². The molecule has 0 saturated carbocycles. The SMILES string of the molecule is Cc1ccc2sc(N(CC[NH+]3CCOCC3)C(=O)c3ccco3)nc2c1C. The molecule has 1 fully saturated rings. The summed E-state index contributed by atoms with van der Waals surface area (Å²) in [6.45, 7) is 9.14. The van der Waals surface area contributed by atoms with Crippen LogP contribution >= 0.6 is 11.3 Å². The summed E-state index contributed by atoms with van der Waals surface area (Å²) < 4.78 is 11.9. The number of nitrogens with one attached hydrogen (secondary N) is 1. The van der Waals surface area contributed by atoms with Crippen molar-refractivity contribution in [3.63, 3.8) is 0 Å². The maximum absolute atomic E-state index is 13.1. The molecule has 142 valence electrons. The molecule has 1 saturated heterocycles. The molecule has 3 aromatic rings. The fourth-order valence-electron chi connectivity index (χ4n) is 3.33. The summed E-state index contributed by atoms with van der Waals surface area (Å²) in [5, 5.41) is 0.729. The number of carbonyl (C=O) groups excluding carboxylic acids is 1.